The summed E-state index contributed by atoms with van der Waals surface area (Å²) in [5, 5.41) is 7.19. The molecule has 0 radical (unpaired) electrons. The highest BCUT2D eigenvalue weighted by Crippen LogP contribution is 2.38. The Morgan fingerprint density at radius 1 is 1.28 bits per heavy atom. The lowest BCUT2D eigenvalue weighted by atomic mass is 9.86. The molecule has 4 nitrogen and oxygen atoms in total. The zero-order valence-corrected chi connectivity index (χ0v) is 9.93. The summed E-state index contributed by atoms with van der Waals surface area (Å²) < 4.78 is 10.9. The van der Waals surface area contributed by atoms with Crippen molar-refractivity contribution in [1.29, 1.82) is 0 Å². The summed E-state index contributed by atoms with van der Waals surface area (Å²) in [6.07, 6.45) is 3.78. The molecule has 0 bridgehead atoms. The van der Waals surface area contributed by atoms with Gasteiger partial charge in [-0.2, -0.15) is 0 Å². The van der Waals surface area contributed by atoms with Crippen LogP contribution >= 0.6 is 0 Å². The lowest BCUT2D eigenvalue weighted by Crippen LogP contribution is -2.27. The van der Waals surface area contributed by atoms with Crippen molar-refractivity contribution < 1.29 is 9.26 Å². The molecule has 1 N–H and O–H groups in total. The summed E-state index contributed by atoms with van der Waals surface area (Å²) in [7, 11) is 0. The van der Waals surface area contributed by atoms with Crippen LogP contribution in [0.1, 0.15) is 17.0 Å². The maximum Gasteiger partial charge on any atom is 0.131 e. The van der Waals surface area contributed by atoms with Gasteiger partial charge in [0.1, 0.15) is 6.26 Å². The molecular weight excluding hydrogens is 228 g/mol. The molecule has 4 rings (SSSR count). The van der Waals surface area contributed by atoms with Crippen molar-refractivity contribution in [2.45, 2.75) is 18.6 Å². The standard InChI is InChI=1S/C14H14N2O2/c1-2-10(9-4-16-18-7-9)13-8-17-14-6-15-5-12(14)11(13)3-1/h1-4,7,12,14-15H,5-6,8H2. The van der Waals surface area contributed by atoms with Crippen molar-refractivity contribution in [1.82, 2.24) is 10.5 Å². The van der Waals surface area contributed by atoms with Gasteiger partial charge in [0.15, 0.2) is 0 Å². The van der Waals surface area contributed by atoms with Gasteiger partial charge in [-0.05, 0) is 16.7 Å². The molecule has 4 heteroatoms. The van der Waals surface area contributed by atoms with Crippen LogP contribution in [0.15, 0.2) is 35.2 Å². The lowest BCUT2D eigenvalue weighted by Gasteiger charge is -2.29. The van der Waals surface area contributed by atoms with E-state index >= 15 is 0 Å². The Labute approximate surface area is 105 Å². The molecule has 1 saturated heterocycles. The van der Waals surface area contributed by atoms with E-state index in [0.717, 1.165) is 18.7 Å². The zero-order chi connectivity index (χ0) is 11.9. The third-order valence-electron chi connectivity index (χ3n) is 3.96. The fourth-order valence-corrected chi connectivity index (χ4v) is 3.05. The zero-order valence-electron chi connectivity index (χ0n) is 9.93. The highest BCUT2D eigenvalue weighted by Gasteiger charge is 2.35. The number of aromatic nitrogens is 1. The molecule has 1 aromatic heterocycles. The minimum Gasteiger partial charge on any atom is -0.371 e. The average molecular weight is 242 g/mol. The number of fused-ring (bicyclic) bond motifs is 3. The Balaban J connectivity index is 1.86. The van der Waals surface area contributed by atoms with Crippen LogP contribution in [0, 0.1) is 0 Å². The van der Waals surface area contributed by atoms with Crippen LogP contribution in [0.3, 0.4) is 0 Å². The molecule has 0 saturated carbocycles. The van der Waals surface area contributed by atoms with Gasteiger partial charge < -0.3 is 14.6 Å². The lowest BCUT2D eigenvalue weighted by molar-refractivity contribution is 0.0302. The van der Waals surface area contributed by atoms with Crippen LogP contribution in [-0.4, -0.2) is 24.4 Å². The van der Waals surface area contributed by atoms with Crippen LogP contribution in [0.4, 0.5) is 0 Å². The van der Waals surface area contributed by atoms with Gasteiger partial charge in [-0.3, -0.25) is 0 Å². The molecule has 92 valence electrons. The molecule has 18 heavy (non-hydrogen) atoms. The predicted octanol–water partition coefficient (Wildman–Crippen LogP) is 1.93. The van der Waals surface area contributed by atoms with Crippen LogP contribution in [0.2, 0.25) is 0 Å². The van der Waals surface area contributed by atoms with Crippen LogP contribution in [0.25, 0.3) is 11.1 Å². The van der Waals surface area contributed by atoms with Gasteiger partial charge in [0.25, 0.3) is 0 Å². The summed E-state index contributed by atoms with van der Waals surface area (Å²) in [5.41, 5.74) is 4.90. The molecule has 0 spiro atoms. The first kappa shape index (κ1) is 10.3. The molecule has 0 aliphatic carbocycles. The largest absolute Gasteiger partial charge is 0.371 e. The fraction of sp³-hybridized carbons (Fsp3) is 0.357. The summed E-state index contributed by atoms with van der Waals surface area (Å²) in [4.78, 5) is 0. The van der Waals surface area contributed by atoms with Crippen molar-refractivity contribution in [2.75, 3.05) is 13.1 Å². The van der Waals surface area contributed by atoms with E-state index in [2.05, 4.69) is 28.7 Å². The molecule has 2 atom stereocenters. The number of nitrogens with zero attached hydrogens (tertiary/aromatic N) is 1. The third kappa shape index (κ3) is 1.43. The van der Waals surface area contributed by atoms with E-state index in [9.17, 15) is 0 Å². The molecule has 1 fully saturated rings. The van der Waals surface area contributed by atoms with Crippen LogP contribution in [-0.2, 0) is 11.3 Å². The number of rotatable bonds is 1. The van der Waals surface area contributed by atoms with Gasteiger partial charge in [0, 0.05) is 24.6 Å². The van der Waals surface area contributed by atoms with E-state index in [1.165, 1.54) is 16.7 Å². The Kier molecular flexibility index (Phi) is 2.25. The molecule has 2 aliphatic rings. The summed E-state index contributed by atoms with van der Waals surface area (Å²) in [6, 6.07) is 6.44. The van der Waals surface area contributed by atoms with Crippen LogP contribution < -0.4 is 5.32 Å². The Morgan fingerprint density at radius 2 is 2.28 bits per heavy atom. The van der Waals surface area contributed by atoms with E-state index < -0.39 is 0 Å². The molecule has 0 amide bonds. The van der Waals surface area contributed by atoms with Gasteiger partial charge >= 0.3 is 0 Å². The minimum absolute atomic E-state index is 0.329. The van der Waals surface area contributed by atoms with Crippen molar-refractivity contribution in [3.05, 3.63) is 41.8 Å². The van der Waals surface area contributed by atoms with E-state index in [1.807, 2.05) is 0 Å². The summed E-state index contributed by atoms with van der Waals surface area (Å²) in [5.74, 6) is 0.480. The fourth-order valence-electron chi connectivity index (χ4n) is 3.05. The molecular formula is C14H14N2O2. The van der Waals surface area contributed by atoms with Crippen molar-refractivity contribution in [3.63, 3.8) is 0 Å². The second-order valence-corrected chi connectivity index (χ2v) is 4.90. The van der Waals surface area contributed by atoms with E-state index in [4.69, 9.17) is 9.26 Å². The number of ether oxygens (including phenoxy) is 1. The highest BCUT2D eigenvalue weighted by atomic mass is 16.5. The second kappa shape index (κ2) is 3.93. The van der Waals surface area contributed by atoms with Crippen molar-refractivity contribution in [2.24, 2.45) is 0 Å². The van der Waals surface area contributed by atoms with Gasteiger partial charge in [-0.15, -0.1) is 0 Å². The van der Waals surface area contributed by atoms with Crippen molar-refractivity contribution >= 4 is 0 Å². The third-order valence-corrected chi connectivity index (χ3v) is 3.96. The summed E-state index contributed by atoms with van der Waals surface area (Å²) in [6.45, 7) is 2.64. The number of nitrogens with one attached hydrogen (secondary N) is 1. The summed E-state index contributed by atoms with van der Waals surface area (Å²) >= 11 is 0. The molecule has 3 heterocycles. The predicted molar refractivity (Wildman–Crippen MR) is 66.1 cm³/mol. The Bertz CT molecular complexity index is 565. The quantitative estimate of drug-likeness (QED) is 0.830. The second-order valence-electron chi connectivity index (χ2n) is 4.90. The Hall–Kier alpha value is -1.65. The first-order chi connectivity index (χ1) is 8.93. The van der Waals surface area contributed by atoms with E-state index in [0.29, 0.717) is 18.6 Å². The smallest absolute Gasteiger partial charge is 0.131 e. The minimum atomic E-state index is 0.329. The Morgan fingerprint density at radius 3 is 3.17 bits per heavy atom. The number of hydrogen-bond donors (Lipinski definition) is 1. The SMILES string of the molecule is c1cc(-c2cnoc2)c2c(c1)C1CNCC1OC2. The maximum absolute atomic E-state index is 5.95. The van der Waals surface area contributed by atoms with Gasteiger partial charge in [-0.25, -0.2) is 0 Å². The molecule has 2 aliphatic heterocycles. The van der Waals surface area contributed by atoms with Gasteiger partial charge in [-0.1, -0.05) is 23.4 Å². The number of benzene rings is 1. The van der Waals surface area contributed by atoms with Crippen molar-refractivity contribution in [3.8, 4) is 11.1 Å². The normalized spacial score (nSPS) is 25.8. The first-order valence-electron chi connectivity index (χ1n) is 6.27. The van der Waals surface area contributed by atoms with Gasteiger partial charge in [0.2, 0.25) is 0 Å². The van der Waals surface area contributed by atoms with E-state index in [1.54, 1.807) is 12.5 Å². The maximum atomic E-state index is 5.95. The molecule has 2 unspecified atom stereocenters. The first-order valence-corrected chi connectivity index (χ1v) is 6.27. The monoisotopic (exact) mass is 242 g/mol. The van der Waals surface area contributed by atoms with E-state index in [-0.39, 0.29) is 0 Å². The molecule has 2 aromatic rings. The average Bonchev–Trinajstić information content (AvgIpc) is 3.09. The van der Waals surface area contributed by atoms with Gasteiger partial charge in [0.05, 0.1) is 18.9 Å². The molecule has 1 aromatic carbocycles. The number of hydrogen-bond acceptors (Lipinski definition) is 4. The van der Waals surface area contributed by atoms with Crippen LogP contribution in [0.5, 0.6) is 0 Å². The highest BCUT2D eigenvalue weighted by molar-refractivity contribution is 5.67. The topological polar surface area (TPSA) is 47.3 Å².